The summed E-state index contributed by atoms with van der Waals surface area (Å²) in [6.45, 7) is 3.43. The second-order valence-corrected chi connectivity index (χ2v) is 5.82. The molecule has 1 aliphatic heterocycles. The number of ether oxygens (including phenoxy) is 1. The molecular weight excluding hydrogens is 290 g/mol. The molecule has 1 amide bonds. The van der Waals surface area contributed by atoms with Crippen LogP contribution in [0.4, 0.5) is 11.4 Å². The average Bonchev–Trinajstić information content (AvgIpc) is 2.50. The Morgan fingerprint density at radius 2 is 2.14 bits per heavy atom. The molecule has 0 aromatic heterocycles. The molecule has 0 radical (unpaired) electrons. The highest BCUT2D eigenvalue weighted by Gasteiger charge is 2.26. The lowest BCUT2D eigenvalue weighted by Gasteiger charge is -2.34. The maximum Gasteiger partial charge on any atom is 0.241 e. The number of carbonyl (C=O) groups excluding carboxylic acids is 1. The summed E-state index contributed by atoms with van der Waals surface area (Å²) in [4.78, 5) is 14.4. The van der Waals surface area contributed by atoms with Gasteiger partial charge in [-0.1, -0.05) is 11.6 Å². The number of likely N-dealkylation sites (N-methyl/N-ethyl adjacent to an activating group) is 1. The number of halogens is 1. The molecule has 116 valence electrons. The number of anilines is 2. The Balaban J connectivity index is 1.96. The fourth-order valence-corrected chi connectivity index (χ4v) is 2.58. The van der Waals surface area contributed by atoms with Crippen LogP contribution in [-0.4, -0.2) is 43.2 Å². The molecule has 1 aromatic rings. The summed E-state index contributed by atoms with van der Waals surface area (Å²) in [6, 6.07) is 5.26. The quantitative estimate of drug-likeness (QED) is 0.838. The van der Waals surface area contributed by atoms with Gasteiger partial charge in [-0.05, 0) is 45.0 Å². The van der Waals surface area contributed by atoms with Crippen molar-refractivity contribution in [2.45, 2.75) is 31.8 Å². The summed E-state index contributed by atoms with van der Waals surface area (Å²) >= 11 is 5.87. The molecule has 1 fully saturated rings. The van der Waals surface area contributed by atoms with Gasteiger partial charge >= 0.3 is 0 Å². The van der Waals surface area contributed by atoms with E-state index in [1.54, 1.807) is 18.2 Å². The number of amides is 1. The Bertz CT molecular complexity index is 504. The van der Waals surface area contributed by atoms with E-state index in [-0.39, 0.29) is 11.9 Å². The van der Waals surface area contributed by atoms with Crippen LogP contribution in [0.25, 0.3) is 0 Å². The lowest BCUT2D eigenvalue weighted by atomic mass is 10.1. The normalized spacial score (nSPS) is 17.7. The van der Waals surface area contributed by atoms with Gasteiger partial charge in [-0.15, -0.1) is 0 Å². The maximum absolute atomic E-state index is 12.3. The zero-order chi connectivity index (χ0) is 15.4. The standard InChI is InChI=1S/C15H22ClN3O2/c1-10(19(2)12-5-7-21-8-6-12)15(20)18-11-3-4-13(16)14(17)9-11/h3-4,9-10,12H,5-8,17H2,1-2H3,(H,18,20). The Morgan fingerprint density at radius 3 is 2.76 bits per heavy atom. The van der Waals surface area contributed by atoms with Crippen molar-refractivity contribution in [1.82, 2.24) is 4.90 Å². The third-order valence-electron chi connectivity index (χ3n) is 4.02. The average molecular weight is 312 g/mol. The zero-order valence-corrected chi connectivity index (χ0v) is 13.2. The van der Waals surface area contributed by atoms with Crippen LogP contribution in [0.5, 0.6) is 0 Å². The fourth-order valence-electron chi connectivity index (χ4n) is 2.46. The van der Waals surface area contributed by atoms with Gasteiger partial charge in [-0.3, -0.25) is 9.69 Å². The third-order valence-corrected chi connectivity index (χ3v) is 4.36. The second-order valence-electron chi connectivity index (χ2n) is 5.41. The molecule has 21 heavy (non-hydrogen) atoms. The van der Waals surface area contributed by atoms with E-state index in [4.69, 9.17) is 22.1 Å². The molecule has 0 aliphatic carbocycles. The van der Waals surface area contributed by atoms with E-state index in [1.807, 2.05) is 14.0 Å². The zero-order valence-electron chi connectivity index (χ0n) is 12.4. The van der Waals surface area contributed by atoms with Crippen LogP contribution in [-0.2, 0) is 9.53 Å². The Labute approximate surface area is 130 Å². The minimum absolute atomic E-state index is 0.0503. The first-order valence-corrected chi connectivity index (χ1v) is 7.52. The van der Waals surface area contributed by atoms with Crippen molar-refractivity contribution in [1.29, 1.82) is 0 Å². The van der Waals surface area contributed by atoms with E-state index < -0.39 is 0 Å². The highest BCUT2D eigenvalue weighted by atomic mass is 35.5. The van der Waals surface area contributed by atoms with Crippen molar-refractivity contribution in [2.75, 3.05) is 31.3 Å². The van der Waals surface area contributed by atoms with Gasteiger partial charge in [0.25, 0.3) is 0 Å². The summed E-state index contributed by atoms with van der Waals surface area (Å²) in [5.41, 5.74) is 6.86. The number of hydrogen-bond acceptors (Lipinski definition) is 4. The smallest absolute Gasteiger partial charge is 0.241 e. The molecule has 5 nitrogen and oxygen atoms in total. The number of rotatable bonds is 4. The minimum atomic E-state index is -0.218. The summed E-state index contributed by atoms with van der Waals surface area (Å²) in [5.74, 6) is -0.0503. The third kappa shape index (κ3) is 4.09. The van der Waals surface area contributed by atoms with Gasteiger partial charge in [0.2, 0.25) is 5.91 Å². The molecule has 1 unspecified atom stereocenters. The molecule has 0 saturated carbocycles. The van der Waals surface area contributed by atoms with Crippen molar-refractivity contribution in [3.8, 4) is 0 Å². The summed E-state index contributed by atoms with van der Waals surface area (Å²) in [6.07, 6.45) is 1.92. The summed E-state index contributed by atoms with van der Waals surface area (Å²) in [5, 5.41) is 3.37. The van der Waals surface area contributed by atoms with E-state index >= 15 is 0 Å². The number of carbonyl (C=O) groups is 1. The van der Waals surface area contributed by atoms with Crippen molar-refractivity contribution in [2.24, 2.45) is 0 Å². The monoisotopic (exact) mass is 311 g/mol. The highest BCUT2D eigenvalue weighted by Crippen LogP contribution is 2.23. The first-order valence-electron chi connectivity index (χ1n) is 7.14. The topological polar surface area (TPSA) is 67.6 Å². The first-order chi connectivity index (χ1) is 9.99. The van der Waals surface area contributed by atoms with Crippen molar-refractivity contribution < 1.29 is 9.53 Å². The first kappa shape index (κ1) is 16.1. The Morgan fingerprint density at radius 1 is 1.48 bits per heavy atom. The predicted octanol–water partition coefficient (Wildman–Crippen LogP) is 2.36. The van der Waals surface area contributed by atoms with Crippen LogP contribution in [0.2, 0.25) is 5.02 Å². The van der Waals surface area contributed by atoms with E-state index in [9.17, 15) is 4.79 Å². The van der Waals surface area contributed by atoms with Crippen LogP contribution in [0.15, 0.2) is 18.2 Å². The minimum Gasteiger partial charge on any atom is -0.397 e. The SMILES string of the molecule is CC(C(=O)Nc1ccc(Cl)c(N)c1)N(C)C1CCOCC1. The molecule has 0 bridgehead atoms. The number of nitrogens with zero attached hydrogens (tertiary/aromatic N) is 1. The number of nitrogens with one attached hydrogen (secondary N) is 1. The van der Waals surface area contributed by atoms with Crippen LogP contribution in [0, 0.1) is 0 Å². The molecule has 6 heteroatoms. The predicted molar refractivity (Wildman–Crippen MR) is 85.6 cm³/mol. The lowest BCUT2D eigenvalue weighted by molar-refractivity contribution is -0.121. The van der Waals surface area contributed by atoms with E-state index in [1.165, 1.54) is 0 Å². The van der Waals surface area contributed by atoms with Crippen LogP contribution in [0.3, 0.4) is 0 Å². The molecule has 0 spiro atoms. The highest BCUT2D eigenvalue weighted by molar-refractivity contribution is 6.33. The Hall–Kier alpha value is -1.30. The number of hydrogen-bond donors (Lipinski definition) is 2. The van der Waals surface area contributed by atoms with Gasteiger partial charge in [0, 0.05) is 24.9 Å². The Kier molecular flexibility index (Phi) is 5.45. The van der Waals surface area contributed by atoms with Crippen molar-refractivity contribution >= 4 is 28.9 Å². The van der Waals surface area contributed by atoms with E-state index in [0.717, 1.165) is 26.1 Å². The van der Waals surface area contributed by atoms with Crippen LogP contribution in [0.1, 0.15) is 19.8 Å². The van der Waals surface area contributed by atoms with Crippen molar-refractivity contribution in [3.63, 3.8) is 0 Å². The van der Waals surface area contributed by atoms with E-state index in [2.05, 4.69) is 10.2 Å². The second kappa shape index (κ2) is 7.11. The van der Waals surface area contributed by atoms with Crippen LogP contribution >= 0.6 is 11.6 Å². The molecule has 3 N–H and O–H groups in total. The van der Waals surface area contributed by atoms with Gasteiger partial charge in [0.15, 0.2) is 0 Å². The number of nitrogens with two attached hydrogens (primary N) is 1. The molecule has 1 atom stereocenters. The van der Waals surface area contributed by atoms with Gasteiger partial charge in [0.05, 0.1) is 16.8 Å². The lowest BCUT2D eigenvalue weighted by Crippen LogP contribution is -2.47. The van der Waals surface area contributed by atoms with Gasteiger partial charge in [-0.25, -0.2) is 0 Å². The maximum atomic E-state index is 12.3. The van der Waals surface area contributed by atoms with Gasteiger partial charge < -0.3 is 15.8 Å². The van der Waals surface area contributed by atoms with Crippen molar-refractivity contribution in [3.05, 3.63) is 23.2 Å². The van der Waals surface area contributed by atoms with Gasteiger partial charge in [0.1, 0.15) is 0 Å². The van der Waals surface area contributed by atoms with Crippen LogP contribution < -0.4 is 11.1 Å². The fraction of sp³-hybridized carbons (Fsp3) is 0.533. The molecular formula is C15H22ClN3O2. The molecule has 1 aromatic carbocycles. The summed E-state index contributed by atoms with van der Waals surface area (Å²) < 4.78 is 5.36. The van der Waals surface area contributed by atoms with E-state index in [0.29, 0.717) is 22.4 Å². The molecule has 1 saturated heterocycles. The largest absolute Gasteiger partial charge is 0.397 e. The summed E-state index contributed by atoms with van der Waals surface area (Å²) in [7, 11) is 1.98. The molecule has 2 rings (SSSR count). The molecule has 1 heterocycles. The van der Waals surface area contributed by atoms with Gasteiger partial charge in [-0.2, -0.15) is 0 Å². The number of nitrogen functional groups attached to an aromatic ring is 1. The number of benzene rings is 1. The molecule has 1 aliphatic rings.